The predicted octanol–water partition coefficient (Wildman–Crippen LogP) is 3.72. The maximum atomic E-state index is 12.3. The van der Waals surface area contributed by atoms with E-state index in [0.29, 0.717) is 23.8 Å². The highest BCUT2D eigenvalue weighted by Crippen LogP contribution is 2.20. The third-order valence-corrected chi connectivity index (χ3v) is 4.08. The summed E-state index contributed by atoms with van der Waals surface area (Å²) >= 11 is 0. The molecule has 2 aromatic carbocycles. The summed E-state index contributed by atoms with van der Waals surface area (Å²) in [5.74, 6) is 0.664. The Morgan fingerprint density at radius 1 is 1.00 bits per heavy atom. The number of nitrogens with one attached hydrogen (secondary N) is 2. The van der Waals surface area contributed by atoms with Crippen molar-refractivity contribution in [3.05, 3.63) is 65.7 Å². The molecule has 27 heavy (non-hydrogen) atoms. The maximum Gasteiger partial charge on any atom is 0.251 e. The molecule has 0 heterocycles. The van der Waals surface area contributed by atoms with Crippen LogP contribution in [0.4, 0.5) is 0 Å². The molecule has 2 N–H and O–H groups in total. The van der Waals surface area contributed by atoms with E-state index in [4.69, 9.17) is 4.74 Å². The first-order valence-corrected chi connectivity index (χ1v) is 9.35. The molecule has 0 bridgehead atoms. The fourth-order valence-corrected chi connectivity index (χ4v) is 2.81. The average Bonchev–Trinajstić information content (AvgIpc) is 2.67. The SMILES string of the molecule is CCOc1ccc(C(=O)NCC(=O)NC(CC(C)C)c2ccccc2)cc1. The van der Waals surface area contributed by atoms with Gasteiger partial charge in [0.2, 0.25) is 5.91 Å². The van der Waals surface area contributed by atoms with Gasteiger partial charge in [-0.25, -0.2) is 0 Å². The molecular formula is C22H28N2O3. The van der Waals surface area contributed by atoms with Crippen LogP contribution in [0.1, 0.15) is 49.2 Å². The fraction of sp³-hybridized carbons (Fsp3) is 0.364. The molecule has 0 radical (unpaired) electrons. The van der Waals surface area contributed by atoms with Crippen LogP contribution in [0.25, 0.3) is 0 Å². The number of hydrogen-bond acceptors (Lipinski definition) is 3. The minimum atomic E-state index is -0.284. The molecule has 144 valence electrons. The summed E-state index contributed by atoms with van der Waals surface area (Å²) in [5, 5.41) is 5.69. The second-order valence-corrected chi connectivity index (χ2v) is 6.80. The summed E-state index contributed by atoms with van der Waals surface area (Å²) in [6, 6.07) is 16.7. The number of rotatable bonds is 9. The van der Waals surface area contributed by atoms with Crippen molar-refractivity contribution < 1.29 is 14.3 Å². The van der Waals surface area contributed by atoms with Crippen molar-refractivity contribution in [1.29, 1.82) is 0 Å². The van der Waals surface area contributed by atoms with Crippen LogP contribution >= 0.6 is 0 Å². The highest BCUT2D eigenvalue weighted by atomic mass is 16.5. The van der Waals surface area contributed by atoms with Crippen LogP contribution in [0.3, 0.4) is 0 Å². The molecule has 0 spiro atoms. The van der Waals surface area contributed by atoms with Crippen LogP contribution in [0, 0.1) is 5.92 Å². The van der Waals surface area contributed by atoms with Crippen LogP contribution in [-0.2, 0) is 4.79 Å². The van der Waals surface area contributed by atoms with Gasteiger partial charge in [0.1, 0.15) is 5.75 Å². The van der Waals surface area contributed by atoms with E-state index in [9.17, 15) is 9.59 Å². The number of benzene rings is 2. The van der Waals surface area contributed by atoms with Crippen molar-refractivity contribution in [3.63, 3.8) is 0 Å². The van der Waals surface area contributed by atoms with Gasteiger partial charge in [0, 0.05) is 5.56 Å². The van der Waals surface area contributed by atoms with Crippen LogP contribution < -0.4 is 15.4 Å². The van der Waals surface area contributed by atoms with E-state index >= 15 is 0 Å². The first-order valence-electron chi connectivity index (χ1n) is 9.35. The first kappa shape index (κ1) is 20.5. The quantitative estimate of drug-likeness (QED) is 0.709. The Morgan fingerprint density at radius 2 is 1.67 bits per heavy atom. The number of carbonyl (C=O) groups excluding carboxylic acids is 2. The van der Waals surface area contributed by atoms with Gasteiger partial charge < -0.3 is 15.4 Å². The van der Waals surface area contributed by atoms with Gasteiger partial charge >= 0.3 is 0 Å². The number of hydrogen-bond donors (Lipinski definition) is 2. The molecule has 2 aromatic rings. The number of amides is 2. The molecular weight excluding hydrogens is 340 g/mol. The lowest BCUT2D eigenvalue weighted by atomic mass is 9.97. The monoisotopic (exact) mass is 368 g/mol. The molecule has 1 atom stereocenters. The highest BCUT2D eigenvalue weighted by Gasteiger charge is 2.16. The third kappa shape index (κ3) is 6.77. The van der Waals surface area contributed by atoms with E-state index in [-0.39, 0.29) is 24.4 Å². The van der Waals surface area contributed by atoms with E-state index in [0.717, 1.165) is 12.0 Å². The zero-order valence-electron chi connectivity index (χ0n) is 16.2. The van der Waals surface area contributed by atoms with E-state index < -0.39 is 0 Å². The van der Waals surface area contributed by atoms with Crippen molar-refractivity contribution in [2.45, 2.75) is 33.2 Å². The summed E-state index contributed by atoms with van der Waals surface area (Å²) in [4.78, 5) is 24.6. The van der Waals surface area contributed by atoms with Crippen LogP contribution in [0.5, 0.6) is 5.75 Å². The first-order chi connectivity index (χ1) is 13.0. The zero-order chi connectivity index (χ0) is 19.6. The van der Waals surface area contributed by atoms with Crippen molar-refractivity contribution in [3.8, 4) is 5.75 Å². The lowest BCUT2D eigenvalue weighted by molar-refractivity contribution is -0.121. The summed E-state index contributed by atoms with van der Waals surface area (Å²) in [6.07, 6.45) is 0.836. The largest absolute Gasteiger partial charge is 0.494 e. The van der Waals surface area contributed by atoms with Gasteiger partial charge in [-0.3, -0.25) is 9.59 Å². The molecule has 0 aromatic heterocycles. The minimum Gasteiger partial charge on any atom is -0.494 e. The van der Waals surface area contributed by atoms with Gasteiger partial charge in [0.05, 0.1) is 19.2 Å². The van der Waals surface area contributed by atoms with Crippen LogP contribution in [0.15, 0.2) is 54.6 Å². The lowest BCUT2D eigenvalue weighted by Gasteiger charge is -2.21. The van der Waals surface area contributed by atoms with Crippen molar-refractivity contribution in [2.24, 2.45) is 5.92 Å². The fourth-order valence-electron chi connectivity index (χ4n) is 2.81. The van der Waals surface area contributed by atoms with Crippen LogP contribution in [0.2, 0.25) is 0 Å². The van der Waals surface area contributed by atoms with E-state index in [1.54, 1.807) is 24.3 Å². The smallest absolute Gasteiger partial charge is 0.251 e. The molecule has 5 heteroatoms. The number of ether oxygens (including phenoxy) is 1. The Bertz CT molecular complexity index is 727. The van der Waals surface area contributed by atoms with Gasteiger partial charge in [0.25, 0.3) is 5.91 Å². The Labute approximate surface area is 161 Å². The second kappa shape index (κ2) is 10.4. The molecule has 0 aliphatic rings. The molecule has 0 aliphatic heterocycles. The van der Waals surface area contributed by atoms with Gasteiger partial charge in [0.15, 0.2) is 0 Å². The Kier molecular flexibility index (Phi) is 7.86. The van der Waals surface area contributed by atoms with E-state index in [2.05, 4.69) is 24.5 Å². The summed E-state index contributed by atoms with van der Waals surface area (Å²) < 4.78 is 5.36. The standard InChI is InChI=1S/C22H28N2O3/c1-4-27-19-12-10-18(11-13-19)22(26)23-15-21(25)24-20(14-16(2)3)17-8-6-5-7-9-17/h5-13,16,20H,4,14-15H2,1-3H3,(H,23,26)(H,24,25). The molecule has 0 saturated heterocycles. The maximum absolute atomic E-state index is 12.3. The molecule has 2 rings (SSSR count). The summed E-state index contributed by atoms with van der Waals surface area (Å²) in [5.41, 5.74) is 1.56. The average molecular weight is 368 g/mol. The normalized spacial score (nSPS) is 11.7. The molecule has 5 nitrogen and oxygen atoms in total. The molecule has 1 unspecified atom stereocenters. The Morgan fingerprint density at radius 3 is 2.26 bits per heavy atom. The highest BCUT2D eigenvalue weighted by molar-refractivity contribution is 5.96. The molecule has 0 fully saturated rings. The Hall–Kier alpha value is -2.82. The van der Waals surface area contributed by atoms with Gasteiger partial charge in [-0.1, -0.05) is 44.2 Å². The zero-order valence-corrected chi connectivity index (χ0v) is 16.2. The molecule has 2 amide bonds. The second-order valence-electron chi connectivity index (χ2n) is 6.80. The van der Waals surface area contributed by atoms with Crippen molar-refractivity contribution >= 4 is 11.8 Å². The van der Waals surface area contributed by atoms with Crippen LogP contribution in [-0.4, -0.2) is 25.0 Å². The van der Waals surface area contributed by atoms with Gasteiger partial charge in [-0.2, -0.15) is 0 Å². The van der Waals surface area contributed by atoms with Crippen molar-refractivity contribution in [1.82, 2.24) is 10.6 Å². The molecule has 0 saturated carbocycles. The van der Waals surface area contributed by atoms with Gasteiger partial charge in [-0.15, -0.1) is 0 Å². The lowest BCUT2D eigenvalue weighted by Crippen LogP contribution is -2.39. The summed E-state index contributed by atoms with van der Waals surface area (Å²) in [6.45, 7) is 6.66. The van der Waals surface area contributed by atoms with Crippen molar-refractivity contribution in [2.75, 3.05) is 13.2 Å². The van der Waals surface area contributed by atoms with Gasteiger partial charge in [-0.05, 0) is 49.1 Å². The minimum absolute atomic E-state index is 0.0620. The predicted molar refractivity (Wildman–Crippen MR) is 107 cm³/mol. The Balaban J connectivity index is 1.90. The molecule has 0 aliphatic carbocycles. The van der Waals surface area contributed by atoms with E-state index in [1.807, 2.05) is 37.3 Å². The number of carbonyl (C=O) groups is 2. The summed E-state index contributed by atoms with van der Waals surface area (Å²) in [7, 11) is 0. The third-order valence-electron chi connectivity index (χ3n) is 4.08. The topological polar surface area (TPSA) is 67.4 Å². The van der Waals surface area contributed by atoms with E-state index in [1.165, 1.54) is 0 Å².